The van der Waals surface area contributed by atoms with E-state index in [2.05, 4.69) is 51.7 Å². The quantitative estimate of drug-likeness (QED) is 0.295. The van der Waals surface area contributed by atoms with E-state index in [0.29, 0.717) is 12.6 Å². The molecule has 0 spiro atoms. The Morgan fingerprint density at radius 1 is 1.17 bits per heavy atom. The van der Waals surface area contributed by atoms with Crippen molar-refractivity contribution in [1.82, 2.24) is 10.6 Å². The summed E-state index contributed by atoms with van der Waals surface area (Å²) >= 11 is 0. The van der Waals surface area contributed by atoms with Crippen molar-refractivity contribution in [1.29, 1.82) is 0 Å². The largest absolute Gasteiger partial charge is 0.369 e. The van der Waals surface area contributed by atoms with Crippen LogP contribution in [0, 0.1) is 6.92 Å². The maximum absolute atomic E-state index is 11.3. The van der Waals surface area contributed by atoms with Crippen LogP contribution in [-0.4, -0.2) is 47.1 Å². The maximum Gasteiger partial charge on any atom is 0.238 e. The van der Waals surface area contributed by atoms with Gasteiger partial charge in [0.15, 0.2) is 5.96 Å². The minimum atomic E-state index is -3.65. The highest BCUT2D eigenvalue weighted by Crippen LogP contribution is 2.20. The lowest BCUT2D eigenvalue weighted by Crippen LogP contribution is -2.45. The molecule has 0 radical (unpaired) electrons. The molecule has 0 saturated carbocycles. The van der Waals surface area contributed by atoms with Gasteiger partial charge in [0.05, 0.1) is 4.90 Å². The molecule has 1 heterocycles. The third-order valence-corrected chi connectivity index (χ3v) is 6.04. The number of aryl methyl sites for hydroxylation is 1. The van der Waals surface area contributed by atoms with E-state index >= 15 is 0 Å². The minimum absolute atomic E-state index is 0. The second-order valence-corrected chi connectivity index (χ2v) is 8.91. The molecule has 1 aliphatic rings. The van der Waals surface area contributed by atoms with E-state index in [1.807, 2.05) is 0 Å². The SMILES string of the molecule is CN=C(NCCc1ccc(S(N)(=O)=O)cc1)NC1CCN(c2ccc(C)cc2)C1.I. The zero-order valence-electron chi connectivity index (χ0n) is 17.3. The maximum atomic E-state index is 11.3. The van der Waals surface area contributed by atoms with Gasteiger partial charge >= 0.3 is 0 Å². The fourth-order valence-electron chi connectivity index (χ4n) is 3.43. The predicted octanol–water partition coefficient (Wildman–Crippen LogP) is 2.25. The van der Waals surface area contributed by atoms with E-state index in [-0.39, 0.29) is 28.9 Å². The molecule has 2 aromatic rings. The van der Waals surface area contributed by atoms with Crippen LogP contribution in [0.4, 0.5) is 5.69 Å². The lowest BCUT2D eigenvalue weighted by Gasteiger charge is -2.20. The van der Waals surface area contributed by atoms with E-state index in [0.717, 1.165) is 37.5 Å². The van der Waals surface area contributed by atoms with Crippen LogP contribution < -0.4 is 20.7 Å². The summed E-state index contributed by atoms with van der Waals surface area (Å²) in [5.41, 5.74) is 3.56. The van der Waals surface area contributed by atoms with E-state index < -0.39 is 10.0 Å². The summed E-state index contributed by atoms with van der Waals surface area (Å²) in [6.45, 7) is 4.76. The van der Waals surface area contributed by atoms with Gasteiger partial charge < -0.3 is 15.5 Å². The molecule has 1 fully saturated rings. The highest BCUT2D eigenvalue weighted by atomic mass is 127. The first-order chi connectivity index (χ1) is 13.8. The van der Waals surface area contributed by atoms with Gasteiger partial charge in [-0.3, -0.25) is 4.99 Å². The first-order valence-corrected chi connectivity index (χ1v) is 11.3. The molecule has 1 saturated heterocycles. The van der Waals surface area contributed by atoms with Crippen molar-refractivity contribution in [2.24, 2.45) is 10.1 Å². The number of aliphatic imine (C=N–C) groups is 1. The molecule has 0 aromatic heterocycles. The number of guanidine groups is 1. The topological polar surface area (TPSA) is 99.8 Å². The second-order valence-electron chi connectivity index (χ2n) is 7.35. The van der Waals surface area contributed by atoms with Crippen LogP contribution in [0.15, 0.2) is 58.4 Å². The van der Waals surface area contributed by atoms with Gasteiger partial charge in [0.1, 0.15) is 0 Å². The van der Waals surface area contributed by atoms with E-state index in [9.17, 15) is 8.42 Å². The van der Waals surface area contributed by atoms with Crippen molar-refractivity contribution in [2.45, 2.75) is 30.7 Å². The third-order valence-electron chi connectivity index (χ3n) is 5.11. The molecular weight excluding hydrogens is 513 g/mol. The average Bonchev–Trinajstić information content (AvgIpc) is 3.16. The van der Waals surface area contributed by atoms with Crippen LogP contribution in [-0.2, 0) is 16.4 Å². The van der Waals surface area contributed by atoms with Crippen molar-refractivity contribution < 1.29 is 8.42 Å². The lowest BCUT2D eigenvalue weighted by molar-refractivity contribution is 0.598. The third kappa shape index (κ3) is 6.85. The van der Waals surface area contributed by atoms with Gasteiger partial charge in [-0.1, -0.05) is 29.8 Å². The molecule has 1 unspecified atom stereocenters. The molecule has 1 aliphatic heterocycles. The van der Waals surface area contributed by atoms with Crippen molar-refractivity contribution in [2.75, 3.05) is 31.6 Å². The first kappa shape index (κ1) is 24.4. The second kappa shape index (κ2) is 11.0. The smallest absolute Gasteiger partial charge is 0.238 e. The summed E-state index contributed by atoms with van der Waals surface area (Å²) in [5, 5.41) is 12.0. The Balaban J connectivity index is 0.00000320. The molecule has 7 nitrogen and oxygen atoms in total. The summed E-state index contributed by atoms with van der Waals surface area (Å²) in [6.07, 6.45) is 1.81. The number of hydrogen-bond acceptors (Lipinski definition) is 4. The Morgan fingerprint density at radius 2 is 1.83 bits per heavy atom. The van der Waals surface area contributed by atoms with E-state index in [1.165, 1.54) is 23.4 Å². The monoisotopic (exact) mass is 543 g/mol. The molecule has 0 bridgehead atoms. The Hall–Kier alpha value is -1.85. The number of primary sulfonamides is 1. The molecule has 3 rings (SSSR count). The molecule has 30 heavy (non-hydrogen) atoms. The van der Waals surface area contributed by atoms with Crippen molar-refractivity contribution in [3.63, 3.8) is 0 Å². The molecule has 164 valence electrons. The number of rotatable bonds is 6. The summed E-state index contributed by atoms with van der Waals surface area (Å²) < 4.78 is 22.6. The van der Waals surface area contributed by atoms with Gasteiger partial charge in [-0.2, -0.15) is 0 Å². The number of nitrogens with two attached hydrogens (primary N) is 1. The zero-order chi connectivity index (χ0) is 20.9. The Morgan fingerprint density at radius 3 is 2.43 bits per heavy atom. The highest BCUT2D eigenvalue weighted by Gasteiger charge is 2.23. The molecular formula is C21H30IN5O2S. The number of nitrogens with one attached hydrogen (secondary N) is 2. The summed E-state index contributed by atoms with van der Waals surface area (Å²) in [6, 6.07) is 15.6. The zero-order valence-corrected chi connectivity index (χ0v) is 20.5. The summed E-state index contributed by atoms with van der Waals surface area (Å²) in [4.78, 5) is 6.84. The van der Waals surface area contributed by atoms with Gasteiger partial charge in [0.2, 0.25) is 10.0 Å². The van der Waals surface area contributed by atoms with Crippen LogP contribution in [0.1, 0.15) is 17.5 Å². The predicted molar refractivity (Wildman–Crippen MR) is 133 cm³/mol. The highest BCUT2D eigenvalue weighted by molar-refractivity contribution is 14.0. The molecule has 9 heteroatoms. The molecule has 1 atom stereocenters. The summed E-state index contributed by atoms with van der Waals surface area (Å²) in [7, 11) is -1.88. The fraction of sp³-hybridized carbons (Fsp3) is 0.381. The van der Waals surface area contributed by atoms with Gasteiger partial charge in [-0.05, 0) is 49.6 Å². The number of benzene rings is 2. The van der Waals surface area contributed by atoms with Crippen LogP contribution in [0.2, 0.25) is 0 Å². The molecule has 4 N–H and O–H groups in total. The van der Waals surface area contributed by atoms with Crippen LogP contribution in [0.3, 0.4) is 0 Å². The number of sulfonamides is 1. The number of anilines is 1. The molecule has 0 aliphatic carbocycles. The lowest BCUT2D eigenvalue weighted by atomic mass is 10.1. The normalized spacial score (nSPS) is 16.8. The molecule has 2 aromatic carbocycles. The number of nitrogens with zero attached hydrogens (tertiary/aromatic N) is 2. The van der Waals surface area contributed by atoms with E-state index in [4.69, 9.17) is 5.14 Å². The van der Waals surface area contributed by atoms with Crippen molar-refractivity contribution in [3.05, 3.63) is 59.7 Å². The standard InChI is InChI=1S/C21H29N5O2S.HI/c1-16-3-7-19(8-4-16)26-14-12-18(15-26)25-21(23-2)24-13-11-17-5-9-20(10-6-17)29(22,27)28;/h3-10,18H,11-15H2,1-2H3,(H2,22,27,28)(H2,23,24,25);1H. The van der Waals surface area contributed by atoms with E-state index in [1.54, 1.807) is 19.2 Å². The summed E-state index contributed by atoms with van der Waals surface area (Å²) in [5.74, 6) is 0.780. The average molecular weight is 543 g/mol. The Kier molecular flexibility index (Phi) is 8.92. The van der Waals surface area contributed by atoms with Crippen LogP contribution >= 0.6 is 24.0 Å². The van der Waals surface area contributed by atoms with Gasteiger partial charge in [-0.25, -0.2) is 13.6 Å². The fourth-order valence-corrected chi connectivity index (χ4v) is 3.94. The first-order valence-electron chi connectivity index (χ1n) is 9.76. The Labute approximate surface area is 196 Å². The van der Waals surface area contributed by atoms with Crippen LogP contribution in [0.25, 0.3) is 0 Å². The van der Waals surface area contributed by atoms with Gasteiger partial charge in [0.25, 0.3) is 0 Å². The number of hydrogen-bond donors (Lipinski definition) is 3. The van der Waals surface area contributed by atoms with Gasteiger partial charge in [-0.15, -0.1) is 24.0 Å². The van der Waals surface area contributed by atoms with Crippen molar-refractivity contribution >= 4 is 45.6 Å². The van der Waals surface area contributed by atoms with Crippen LogP contribution in [0.5, 0.6) is 0 Å². The van der Waals surface area contributed by atoms with Crippen molar-refractivity contribution in [3.8, 4) is 0 Å². The molecule has 0 amide bonds. The minimum Gasteiger partial charge on any atom is -0.369 e. The Bertz CT molecular complexity index is 946. The van der Waals surface area contributed by atoms with Gasteiger partial charge in [0, 0.05) is 38.4 Å². The number of halogens is 1.